The summed E-state index contributed by atoms with van der Waals surface area (Å²) >= 11 is 0. The molecule has 136 valence electrons. The van der Waals surface area contributed by atoms with Crippen LogP contribution in [0.2, 0.25) is 0 Å². The van der Waals surface area contributed by atoms with Gasteiger partial charge < -0.3 is 10.2 Å². The number of rotatable bonds is 4. The van der Waals surface area contributed by atoms with E-state index in [4.69, 9.17) is 0 Å². The molecule has 0 saturated carbocycles. The van der Waals surface area contributed by atoms with Gasteiger partial charge in [-0.25, -0.2) is 0 Å². The van der Waals surface area contributed by atoms with Gasteiger partial charge in [0.1, 0.15) is 0 Å². The minimum Gasteiger partial charge on any atom is -0.342 e. The van der Waals surface area contributed by atoms with E-state index in [0.29, 0.717) is 5.91 Å². The molecule has 0 bridgehead atoms. The Hall–Kier alpha value is -1.88. The molecule has 2 fully saturated rings. The highest BCUT2D eigenvalue weighted by atomic mass is 16.2. The summed E-state index contributed by atoms with van der Waals surface area (Å²) in [6.45, 7) is 7.44. The van der Waals surface area contributed by atoms with Gasteiger partial charge in [0.15, 0.2) is 0 Å². The number of hydrogen-bond donors (Lipinski definition) is 1. The predicted molar refractivity (Wildman–Crippen MR) is 99.4 cm³/mol. The minimum absolute atomic E-state index is 0.0231. The zero-order valence-electron chi connectivity index (χ0n) is 15.3. The third-order valence-electron chi connectivity index (χ3n) is 5.51. The second-order valence-electron chi connectivity index (χ2n) is 7.38. The second-order valence-corrected chi connectivity index (χ2v) is 7.38. The van der Waals surface area contributed by atoms with Crippen LogP contribution in [0.5, 0.6) is 0 Å². The van der Waals surface area contributed by atoms with Crippen LogP contribution in [-0.2, 0) is 9.59 Å². The molecule has 0 spiro atoms. The normalized spacial score (nSPS) is 20.5. The molecule has 2 amide bonds. The molecule has 1 aromatic rings. The topological polar surface area (TPSA) is 52.7 Å². The number of nitrogens with zero attached hydrogens (tertiary/aromatic N) is 2. The Kier molecular flexibility index (Phi) is 5.74. The monoisotopic (exact) mass is 343 g/mol. The lowest BCUT2D eigenvalue weighted by molar-refractivity contribution is -0.136. The fourth-order valence-corrected chi connectivity index (χ4v) is 3.86. The zero-order valence-corrected chi connectivity index (χ0v) is 15.3. The van der Waals surface area contributed by atoms with Crippen molar-refractivity contribution in [3.8, 4) is 0 Å². The van der Waals surface area contributed by atoms with Gasteiger partial charge in [0.05, 0.1) is 6.04 Å². The maximum absolute atomic E-state index is 12.5. The molecule has 3 rings (SSSR count). The summed E-state index contributed by atoms with van der Waals surface area (Å²) in [5.74, 6) is 0.491. The van der Waals surface area contributed by atoms with Crippen LogP contribution in [0.3, 0.4) is 0 Å². The Morgan fingerprint density at radius 3 is 2.44 bits per heavy atom. The van der Waals surface area contributed by atoms with Crippen LogP contribution in [0.4, 0.5) is 5.69 Å². The van der Waals surface area contributed by atoms with Crippen molar-refractivity contribution in [1.29, 1.82) is 0 Å². The Balaban J connectivity index is 1.49. The Morgan fingerprint density at radius 2 is 1.80 bits per heavy atom. The van der Waals surface area contributed by atoms with E-state index in [0.717, 1.165) is 63.1 Å². The number of carbonyl (C=O) groups excluding carboxylic acids is 2. The standard InChI is InChI=1S/C20H29N3O2/c1-15-6-5-7-18(14-15)21-19(24)16(2)22-12-8-17(9-13-22)20(25)23-10-3-4-11-23/h5-7,14,16-17H,3-4,8-13H2,1-2H3,(H,21,24)/t16-/m1/s1. The van der Waals surface area contributed by atoms with Crippen LogP contribution in [0.15, 0.2) is 24.3 Å². The number of amides is 2. The first-order chi connectivity index (χ1) is 12.0. The van der Waals surface area contributed by atoms with Crippen molar-refractivity contribution in [1.82, 2.24) is 9.80 Å². The molecule has 0 radical (unpaired) electrons. The lowest BCUT2D eigenvalue weighted by atomic mass is 9.94. The number of carbonyl (C=O) groups is 2. The van der Waals surface area contributed by atoms with Crippen LogP contribution in [0.25, 0.3) is 0 Å². The molecule has 2 aliphatic heterocycles. The summed E-state index contributed by atoms with van der Waals surface area (Å²) in [6.07, 6.45) is 4.00. The van der Waals surface area contributed by atoms with Crippen LogP contribution >= 0.6 is 0 Å². The predicted octanol–water partition coefficient (Wildman–Crippen LogP) is 2.66. The lowest BCUT2D eigenvalue weighted by Crippen LogP contribution is -2.48. The Labute approximate surface area is 150 Å². The summed E-state index contributed by atoms with van der Waals surface area (Å²) in [5, 5.41) is 3.00. The number of aryl methyl sites for hydroxylation is 1. The smallest absolute Gasteiger partial charge is 0.241 e. The Morgan fingerprint density at radius 1 is 1.12 bits per heavy atom. The largest absolute Gasteiger partial charge is 0.342 e. The summed E-state index contributed by atoms with van der Waals surface area (Å²) in [6, 6.07) is 7.68. The number of nitrogens with one attached hydrogen (secondary N) is 1. The molecule has 1 atom stereocenters. The molecule has 2 aliphatic rings. The fraction of sp³-hybridized carbons (Fsp3) is 0.600. The molecular weight excluding hydrogens is 314 g/mol. The van der Waals surface area contributed by atoms with Crippen molar-refractivity contribution >= 4 is 17.5 Å². The van der Waals surface area contributed by atoms with Gasteiger partial charge in [-0.05, 0) is 70.3 Å². The zero-order chi connectivity index (χ0) is 17.8. The van der Waals surface area contributed by atoms with Gasteiger partial charge in [-0.3, -0.25) is 14.5 Å². The minimum atomic E-state index is -0.177. The van der Waals surface area contributed by atoms with Gasteiger partial charge in [0.2, 0.25) is 11.8 Å². The van der Waals surface area contributed by atoms with Crippen LogP contribution in [0.1, 0.15) is 38.2 Å². The van der Waals surface area contributed by atoms with E-state index in [9.17, 15) is 9.59 Å². The third kappa shape index (κ3) is 4.40. The van der Waals surface area contributed by atoms with Gasteiger partial charge in [-0.2, -0.15) is 0 Å². The van der Waals surface area contributed by atoms with Crippen molar-refractivity contribution in [2.45, 2.75) is 45.6 Å². The molecule has 5 heteroatoms. The van der Waals surface area contributed by atoms with Crippen LogP contribution in [-0.4, -0.2) is 53.8 Å². The number of benzene rings is 1. The summed E-state index contributed by atoms with van der Waals surface area (Å²) in [4.78, 5) is 29.2. The molecule has 25 heavy (non-hydrogen) atoms. The average Bonchev–Trinajstić information content (AvgIpc) is 3.15. The molecule has 5 nitrogen and oxygen atoms in total. The SMILES string of the molecule is Cc1cccc(NC(=O)[C@@H](C)N2CCC(C(=O)N3CCCC3)CC2)c1. The van der Waals surface area contributed by atoms with E-state index in [1.165, 1.54) is 0 Å². The first-order valence-electron chi connectivity index (χ1n) is 9.45. The highest BCUT2D eigenvalue weighted by Crippen LogP contribution is 2.23. The highest BCUT2D eigenvalue weighted by molar-refractivity contribution is 5.94. The van der Waals surface area contributed by atoms with Gasteiger partial charge >= 0.3 is 0 Å². The average molecular weight is 343 g/mol. The summed E-state index contributed by atoms with van der Waals surface area (Å²) in [5.41, 5.74) is 1.97. The second kappa shape index (κ2) is 8.00. The van der Waals surface area contributed by atoms with E-state index in [2.05, 4.69) is 10.2 Å². The van der Waals surface area contributed by atoms with Gasteiger partial charge in [0, 0.05) is 24.7 Å². The molecule has 2 heterocycles. The molecule has 0 unspecified atom stereocenters. The quantitative estimate of drug-likeness (QED) is 0.914. The molecule has 0 aliphatic carbocycles. The van der Waals surface area contributed by atoms with E-state index in [1.54, 1.807) is 0 Å². The van der Waals surface area contributed by atoms with Crippen LogP contribution < -0.4 is 5.32 Å². The molecule has 0 aromatic heterocycles. The molecule has 2 saturated heterocycles. The Bertz CT molecular complexity index is 617. The maximum Gasteiger partial charge on any atom is 0.241 e. The number of hydrogen-bond acceptors (Lipinski definition) is 3. The van der Waals surface area contributed by atoms with Crippen molar-refractivity contribution < 1.29 is 9.59 Å². The van der Waals surface area contributed by atoms with Gasteiger partial charge in [-0.15, -0.1) is 0 Å². The fourth-order valence-electron chi connectivity index (χ4n) is 3.86. The van der Waals surface area contributed by atoms with Crippen molar-refractivity contribution in [3.05, 3.63) is 29.8 Å². The van der Waals surface area contributed by atoms with Crippen molar-refractivity contribution in [2.75, 3.05) is 31.5 Å². The third-order valence-corrected chi connectivity index (χ3v) is 5.51. The van der Waals surface area contributed by atoms with Crippen LogP contribution in [0, 0.1) is 12.8 Å². The molecule has 1 aromatic carbocycles. The summed E-state index contributed by atoms with van der Waals surface area (Å²) < 4.78 is 0. The molecular formula is C20H29N3O2. The summed E-state index contributed by atoms with van der Waals surface area (Å²) in [7, 11) is 0. The van der Waals surface area contributed by atoms with Crippen molar-refractivity contribution in [2.24, 2.45) is 5.92 Å². The first-order valence-corrected chi connectivity index (χ1v) is 9.45. The van der Waals surface area contributed by atoms with E-state index in [-0.39, 0.29) is 17.9 Å². The first kappa shape index (κ1) is 17.9. The van der Waals surface area contributed by atoms with Gasteiger partial charge in [-0.1, -0.05) is 12.1 Å². The lowest BCUT2D eigenvalue weighted by Gasteiger charge is -2.36. The van der Waals surface area contributed by atoms with Crippen molar-refractivity contribution in [3.63, 3.8) is 0 Å². The maximum atomic E-state index is 12.5. The van der Waals surface area contributed by atoms with E-state index >= 15 is 0 Å². The van der Waals surface area contributed by atoms with Gasteiger partial charge in [0.25, 0.3) is 0 Å². The molecule has 1 N–H and O–H groups in total. The number of likely N-dealkylation sites (tertiary alicyclic amines) is 2. The highest BCUT2D eigenvalue weighted by Gasteiger charge is 2.32. The van der Waals surface area contributed by atoms with E-state index in [1.807, 2.05) is 43.0 Å². The number of piperidine rings is 1. The van der Waals surface area contributed by atoms with E-state index < -0.39 is 0 Å². The number of anilines is 1.